The van der Waals surface area contributed by atoms with Crippen LogP contribution in [-0.2, 0) is 4.79 Å². The highest BCUT2D eigenvalue weighted by atomic mass is 16.4. The summed E-state index contributed by atoms with van der Waals surface area (Å²) in [5, 5.41) is 14.9. The zero-order valence-corrected chi connectivity index (χ0v) is 12.8. The van der Waals surface area contributed by atoms with E-state index in [0.29, 0.717) is 12.5 Å². The van der Waals surface area contributed by atoms with Crippen LogP contribution in [-0.4, -0.2) is 29.7 Å². The fourth-order valence-electron chi connectivity index (χ4n) is 3.20. The third-order valence-corrected chi connectivity index (χ3v) is 4.62. The monoisotopic (exact) mass is 284 g/mol. The van der Waals surface area contributed by atoms with Crippen LogP contribution in [0.2, 0.25) is 0 Å². The fourth-order valence-corrected chi connectivity index (χ4v) is 3.20. The molecule has 0 bridgehead atoms. The molecule has 0 aromatic rings. The lowest BCUT2D eigenvalue weighted by atomic mass is 9.95. The smallest absolute Gasteiger partial charge is 0.315 e. The van der Waals surface area contributed by atoms with Crippen molar-refractivity contribution in [2.24, 2.45) is 17.8 Å². The molecule has 0 aromatic heterocycles. The Morgan fingerprint density at radius 2 is 1.90 bits per heavy atom. The van der Waals surface area contributed by atoms with Crippen molar-refractivity contribution >= 4 is 12.0 Å². The van der Waals surface area contributed by atoms with E-state index in [1.54, 1.807) is 0 Å². The first kappa shape index (κ1) is 16.8. The number of carboxylic acid groups (broad SMARTS) is 1. The van der Waals surface area contributed by atoms with Crippen molar-refractivity contribution in [1.29, 1.82) is 0 Å². The van der Waals surface area contributed by atoms with Gasteiger partial charge in [0.2, 0.25) is 0 Å². The Bertz CT molecular complexity index is 329. The Morgan fingerprint density at radius 1 is 1.25 bits per heavy atom. The van der Waals surface area contributed by atoms with Gasteiger partial charge in [0.25, 0.3) is 0 Å². The molecule has 1 saturated carbocycles. The number of carboxylic acids is 1. The normalized spacial score (nSPS) is 23.6. The van der Waals surface area contributed by atoms with E-state index in [1.165, 1.54) is 0 Å². The SMILES string of the molecule is CCC(CC)C(C)NC(=O)NCC1CCCC1C(=O)O. The molecule has 20 heavy (non-hydrogen) atoms. The minimum absolute atomic E-state index is 0.0710. The van der Waals surface area contributed by atoms with Crippen LogP contribution in [0, 0.1) is 17.8 Å². The van der Waals surface area contributed by atoms with Gasteiger partial charge < -0.3 is 15.7 Å². The van der Waals surface area contributed by atoms with Crippen molar-refractivity contribution in [2.75, 3.05) is 6.54 Å². The fraction of sp³-hybridized carbons (Fsp3) is 0.867. The molecule has 0 saturated heterocycles. The van der Waals surface area contributed by atoms with Crippen LogP contribution in [0.25, 0.3) is 0 Å². The third kappa shape index (κ3) is 4.69. The number of carbonyl (C=O) groups excluding carboxylic acids is 1. The number of hydrogen-bond donors (Lipinski definition) is 3. The van der Waals surface area contributed by atoms with E-state index in [0.717, 1.165) is 32.1 Å². The van der Waals surface area contributed by atoms with Gasteiger partial charge in [-0.25, -0.2) is 4.79 Å². The van der Waals surface area contributed by atoms with Gasteiger partial charge in [0.1, 0.15) is 0 Å². The average molecular weight is 284 g/mol. The topological polar surface area (TPSA) is 78.4 Å². The summed E-state index contributed by atoms with van der Waals surface area (Å²) in [5.74, 6) is -0.479. The van der Waals surface area contributed by atoms with Crippen LogP contribution in [0.15, 0.2) is 0 Å². The Balaban J connectivity index is 2.34. The summed E-state index contributed by atoms with van der Waals surface area (Å²) in [6, 6.07) is -0.0377. The zero-order valence-electron chi connectivity index (χ0n) is 12.8. The summed E-state index contributed by atoms with van der Waals surface area (Å²) in [6.45, 7) is 6.73. The third-order valence-electron chi connectivity index (χ3n) is 4.62. The second-order valence-corrected chi connectivity index (χ2v) is 5.86. The van der Waals surface area contributed by atoms with Crippen LogP contribution < -0.4 is 10.6 Å². The van der Waals surface area contributed by atoms with Gasteiger partial charge in [-0.1, -0.05) is 33.1 Å². The molecule has 0 aromatic carbocycles. The summed E-state index contributed by atoms with van der Waals surface area (Å²) in [4.78, 5) is 22.9. The van der Waals surface area contributed by atoms with E-state index in [-0.39, 0.29) is 23.9 Å². The molecule has 2 amide bonds. The highest BCUT2D eigenvalue weighted by Crippen LogP contribution is 2.31. The van der Waals surface area contributed by atoms with Crippen LogP contribution in [0.1, 0.15) is 52.9 Å². The molecule has 0 spiro atoms. The predicted molar refractivity (Wildman–Crippen MR) is 78.5 cm³/mol. The van der Waals surface area contributed by atoms with E-state index in [9.17, 15) is 9.59 Å². The Kier molecular flexibility index (Phi) is 6.82. The highest BCUT2D eigenvalue weighted by molar-refractivity contribution is 5.74. The molecule has 1 fully saturated rings. The molecule has 116 valence electrons. The molecule has 0 aliphatic heterocycles. The van der Waals surface area contributed by atoms with Gasteiger partial charge in [0.05, 0.1) is 5.92 Å². The van der Waals surface area contributed by atoms with Crippen molar-refractivity contribution in [1.82, 2.24) is 10.6 Å². The van der Waals surface area contributed by atoms with Crippen LogP contribution in [0.4, 0.5) is 4.79 Å². The molecule has 3 atom stereocenters. The molecule has 3 N–H and O–H groups in total. The molecule has 1 aliphatic rings. The second kappa shape index (κ2) is 8.12. The Morgan fingerprint density at radius 3 is 2.45 bits per heavy atom. The van der Waals surface area contributed by atoms with Crippen LogP contribution in [0.3, 0.4) is 0 Å². The van der Waals surface area contributed by atoms with E-state index in [2.05, 4.69) is 24.5 Å². The Labute approximate surface area is 121 Å². The summed E-state index contributed by atoms with van der Waals surface area (Å²) < 4.78 is 0. The number of urea groups is 1. The minimum Gasteiger partial charge on any atom is -0.481 e. The predicted octanol–water partition coefficient (Wildman–Crippen LogP) is 2.61. The molecule has 1 aliphatic carbocycles. The van der Waals surface area contributed by atoms with E-state index >= 15 is 0 Å². The maximum absolute atomic E-state index is 11.9. The number of aliphatic carboxylic acids is 1. The minimum atomic E-state index is -0.736. The standard InChI is InChI=1S/C15H28N2O3/c1-4-11(5-2)10(3)17-15(20)16-9-12-7-6-8-13(12)14(18)19/h10-13H,4-9H2,1-3H3,(H,18,19)(H2,16,17,20). The first-order valence-electron chi connectivity index (χ1n) is 7.76. The van der Waals surface area contributed by atoms with Crippen molar-refractivity contribution in [3.8, 4) is 0 Å². The Hall–Kier alpha value is -1.26. The van der Waals surface area contributed by atoms with Gasteiger partial charge in [0, 0.05) is 12.6 Å². The second-order valence-electron chi connectivity index (χ2n) is 5.86. The lowest BCUT2D eigenvalue weighted by Gasteiger charge is -2.23. The molecular formula is C15H28N2O3. The first-order chi connectivity index (χ1) is 9.49. The molecule has 5 heteroatoms. The molecule has 3 unspecified atom stereocenters. The van der Waals surface area contributed by atoms with E-state index < -0.39 is 5.97 Å². The number of hydrogen-bond acceptors (Lipinski definition) is 2. The lowest BCUT2D eigenvalue weighted by molar-refractivity contribution is -0.142. The molecule has 5 nitrogen and oxygen atoms in total. The van der Waals surface area contributed by atoms with E-state index in [1.807, 2.05) is 6.92 Å². The molecule has 0 heterocycles. The van der Waals surface area contributed by atoms with Gasteiger partial charge in [-0.05, 0) is 31.6 Å². The van der Waals surface area contributed by atoms with Crippen molar-refractivity contribution in [3.63, 3.8) is 0 Å². The number of carbonyl (C=O) groups is 2. The number of rotatable bonds is 7. The summed E-state index contributed by atoms with van der Waals surface area (Å²) >= 11 is 0. The van der Waals surface area contributed by atoms with Crippen LogP contribution >= 0.6 is 0 Å². The van der Waals surface area contributed by atoms with Gasteiger partial charge in [-0.3, -0.25) is 4.79 Å². The highest BCUT2D eigenvalue weighted by Gasteiger charge is 2.32. The summed E-state index contributed by atoms with van der Waals surface area (Å²) in [5.41, 5.74) is 0. The maximum atomic E-state index is 11.9. The molecule has 1 rings (SSSR count). The quantitative estimate of drug-likeness (QED) is 0.672. The number of amides is 2. The van der Waals surface area contributed by atoms with Gasteiger partial charge in [-0.15, -0.1) is 0 Å². The summed E-state index contributed by atoms with van der Waals surface area (Å²) in [7, 11) is 0. The maximum Gasteiger partial charge on any atom is 0.315 e. The molecular weight excluding hydrogens is 256 g/mol. The largest absolute Gasteiger partial charge is 0.481 e. The van der Waals surface area contributed by atoms with E-state index in [4.69, 9.17) is 5.11 Å². The zero-order chi connectivity index (χ0) is 15.1. The van der Waals surface area contributed by atoms with Gasteiger partial charge in [-0.2, -0.15) is 0 Å². The van der Waals surface area contributed by atoms with Crippen LogP contribution in [0.5, 0.6) is 0 Å². The number of nitrogens with one attached hydrogen (secondary N) is 2. The van der Waals surface area contributed by atoms with Crippen molar-refractivity contribution in [3.05, 3.63) is 0 Å². The van der Waals surface area contributed by atoms with Gasteiger partial charge >= 0.3 is 12.0 Å². The van der Waals surface area contributed by atoms with Gasteiger partial charge in [0.15, 0.2) is 0 Å². The lowest BCUT2D eigenvalue weighted by Crippen LogP contribution is -2.45. The average Bonchev–Trinajstić information content (AvgIpc) is 2.86. The van der Waals surface area contributed by atoms with Crippen molar-refractivity contribution in [2.45, 2.75) is 58.9 Å². The van der Waals surface area contributed by atoms with Crippen molar-refractivity contribution < 1.29 is 14.7 Å². The molecule has 0 radical (unpaired) electrons. The first-order valence-corrected chi connectivity index (χ1v) is 7.76. The summed E-state index contributed by atoms with van der Waals surface area (Å²) in [6.07, 6.45) is 4.64.